The third-order valence-electron chi connectivity index (χ3n) is 4.78. The quantitative estimate of drug-likeness (QED) is 0.225. The summed E-state index contributed by atoms with van der Waals surface area (Å²) in [6.45, 7) is 3.88. The van der Waals surface area contributed by atoms with Crippen LogP contribution in [0.3, 0.4) is 0 Å². The van der Waals surface area contributed by atoms with E-state index >= 15 is 0 Å². The van der Waals surface area contributed by atoms with Gasteiger partial charge in [0.25, 0.3) is 10.1 Å². The van der Waals surface area contributed by atoms with E-state index in [1.54, 1.807) is 30.3 Å². The smallest absolute Gasteiger partial charge is 0.296 e. The van der Waals surface area contributed by atoms with Crippen LogP contribution in [-0.2, 0) is 16.5 Å². The molecule has 5 N–H and O–H groups in total. The molecule has 3 aromatic rings. The highest BCUT2D eigenvalue weighted by atomic mass is 32.2. The molecule has 0 heterocycles. The lowest BCUT2D eigenvalue weighted by molar-refractivity contribution is 0.415. The van der Waals surface area contributed by atoms with Crippen molar-refractivity contribution in [1.29, 1.82) is 0 Å². The van der Waals surface area contributed by atoms with Crippen molar-refractivity contribution < 1.29 is 17.7 Å². The Morgan fingerprint density at radius 2 is 1.67 bits per heavy atom. The van der Waals surface area contributed by atoms with Crippen LogP contribution in [0, 0.1) is 6.92 Å². The average Bonchev–Trinajstić information content (AvgIpc) is 2.77. The van der Waals surface area contributed by atoms with E-state index in [1.165, 1.54) is 7.11 Å². The van der Waals surface area contributed by atoms with Crippen LogP contribution in [0.1, 0.15) is 18.1 Å². The van der Waals surface area contributed by atoms with Crippen molar-refractivity contribution in [3.63, 3.8) is 0 Å². The summed E-state index contributed by atoms with van der Waals surface area (Å²) in [5.41, 5.74) is 14.4. The summed E-state index contributed by atoms with van der Waals surface area (Å²) < 4.78 is 38.8. The molecule has 0 aliphatic carbocycles. The predicted octanol–water partition coefficient (Wildman–Crippen LogP) is 5.81. The van der Waals surface area contributed by atoms with Gasteiger partial charge >= 0.3 is 0 Å². The number of azo groups is 2. The van der Waals surface area contributed by atoms with Crippen molar-refractivity contribution >= 4 is 44.2 Å². The molecule has 0 radical (unpaired) electrons. The Morgan fingerprint density at radius 1 is 0.939 bits per heavy atom. The lowest BCUT2D eigenvalue weighted by Gasteiger charge is -2.11. The van der Waals surface area contributed by atoms with Gasteiger partial charge in [-0.05, 0) is 54.8 Å². The topological polar surface area (TPSA) is 165 Å². The van der Waals surface area contributed by atoms with Crippen LogP contribution in [0.15, 0.2) is 73.9 Å². The van der Waals surface area contributed by atoms with Crippen LogP contribution in [-0.4, -0.2) is 20.1 Å². The zero-order valence-electron chi connectivity index (χ0n) is 18.3. The van der Waals surface area contributed by atoms with E-state index in [4.69, 9.17) is 16.2 Å². The molecule has 3 rings (SSSR count). The molecule has 0 amide bonds. The second kappa shape index (κ2) is 9.76. The molecule has 0 bridgehead atoms. The van der Waals surface area contributed by atoms with Crippen LogP contribution in [0.5, 0.6) is 5.75 Å². The van der Waals surface area contributed by atoms with Crippen molar-refractivity contribution in [3.8, 4) is 5.75 Å². The van der Waals surface area contributed by atoms with E-state index in [0.717, 1.165) is 23.6 Å². The first-order valence-electron chi connectivity index (χ1n) is 9.90. The molecule has 33 heavy (non-hydrogen) atoms. The number of anilines is 2. The number of nitrogens with two attached hydrogens (primary N) is 2. The Balaban J connectivity index is 2.14. The fourth-order valence-corrected chi connectivity index (χ4v) is 3.64. The van der Waals surface area contributed by atoms with Gasteiger partial charge in [0.1, 0.15) is 27.7 Å². The maximum Gasteiger partial charge on any atom is 0.296 e. The standard InChI is InChI=1S/C22H24N6O4S/c1-4-14-8-9-18(32-3)16(11-14)26-27-17-12-19(33(29,30)31)21(24)22(20(17)23)28-25-15-7-5-6-13(2)10-15/h5-12H,4,23-24H2,1-3H3,(H,29,30,31)/b27-26+,28-25+. The summed E-state index contributed by atoms with van der Waals surface area (Å²) >= 11 is 0. The summed E-state index contributed by atoms with van der Waals surface area (Å²) in [7, 11) is -3.20. The highest BCUT2D eigenvalue weighted by Gasteiger charge is 2.22. The predicted molar refractivity (Wildman–Crippen MR) is 127 cm³/mol. The van der Waals surface area contributed by atoms with E-state index in [9.17, 15) is 13.0 Å². The van der Waals surface area contributed by atoms with Gasteiger partial charge in [0.2, 0.25) is 0 Å². The Kier molecular flexibility index (Phi) is 7.04. The van der Waals surface area contributed by atoms with Crippen LogP contribution in [0.4, 0.5) is 34.1 Å². The lowest BCUT2D eigenvalue weighted by atomic mass is 10.1. The minimum atomic E-state index is -4.70. The van der Waals surface area contributed by atoms with E-state index in [0.29, 0.717) is 17.1 Å². The maximum atomic E-state index is 11.9. The van der Waals surface area contributed by atoms with Crippen LogP contribution in [0.2, 0.25) is 0 Å². The molecule has 10 nitrogen and oxygen atoms in total. The summed E-state index contributed by atoms with van der Waals surface area (Å²) in [6.07, 6.45) is 0.771. The molecular formula is C22H24N6O4S. The summed E-state index contributed by atoms with van der Waals surface area (Å²) in [4.78, 5) is -0.599. The molecular weight excluding hydrogens is 444 g/mol. The molecule has 11 heteroatoms. The third kappa shape index (κ3) is 5.51. The summed E-state index contributed by atoms with van der Waals surface area (Å²) in [5, 5.41) is 16.4. The highest BCUT2D eigenvalue weighted by molar-refractivity contribution is 7.86. The fraction of sp³-hybridized carbons (Fsp3) is 0.182. The Hall–Kier alpha value is -3.83. The number of nitrogens with zero attached hydrogens (tertiary/aromatic N) is 4. The van der Waals surface area contributed by atoms with E-state index in [-0.39, 0.29) is 22.7 Å². The highest BCUT2D eigenvalue weighted by Crippen LogP contribution is 2.43. The zero-order chi connectivity index (χ0) is 24.2. The fourth-order valence-electron chi connectivity index (χ4n) is 3.01. The molecule has 0 atom stereocenters. The van der Waals surface area contributed by atoms with E-state index in [1.807, 2.05) is 26.0 Å². The van der Waals surface area contributed by atoms with Gasteiger partial charge in [-0.15, -0.1) is 15.3 Å². The second-order valence-corrected chi connectivity index (χ2v) is 8.53. The van der Waals surface area contributed by atoms with Crippen molar-refractivity contribution in [1.82, 2.24) is 0 Å². The van der Waals surface area contributed by atoms with Crippen molar-refractivity contribution in [2.24, 2.45) is 20.5 Å². The molecule has 0 unspecified atom stereocenters. The summed E-state index contributed by atoms with van der Waals surface area (Å²) in [6, 6.07) is 13.6. The number of ether oxygens (including phenoxy) is 1. The van der Waals surface area contributed by atoms with Crippen molar-refractivity contribution in [3.05, 3.63) is 59.7 Å². The first-order chi connectivity index (χ1) is 15.6. The SMILES string of the molecule is CCc1ccc(OC)c(/N=N/c2cc(S(=O)(=O)O)c(N)c(/N=N/c3cccc(C)c3)c2N)c1. The van der Waals surface area contributed by atoms with Gasteiger partial charge in [-0.2, -0.15) is 13.5 Å². The number of nitrogen functional groups attached to an aromatic ring is 2. The second-order valence-electron chi connectivity index (χ2n) is 7.14. The Morgan fingerprint density at radius 3 is 2.30 bits per heavy atom. The monoisotopic (exact) mass is 468 g/mol. The number of rotatable bonds is 7. The number of aryl methyl sites for hydroxylation is 2. The van der Waals surface area contributed by atoms with Crippen molar-refractivity contribution in [2.45, 2.75) is 25.2 Å². The molecule has 0 aliphatic heterocycles. The number of benzene rings is 3. The largest absolute Gasteiger partial charge is 0.494 e. The minimum Gasteiger partial charge on any atom is -0.494 e. The molecule has 0 saturated carbocycles. The van der Waals surface area contributed by atoms with Crippen LogP contribution >= 0.6 is 0 Å². The van der Waals surface area contributed by atoms with Gasteiger partial charge < -0.3 is 16.2 Å². The zero-order valence-corrected chi connectivity index (χ0v) is 19.2. The van der Waals surface area contributed by atoms with Gasteiger partial charge in [0.05, 0.1) is 24.2 Å². The molecule has 0 fully saturated rings. The molecule has 172 valence electrons. The van der Waals surface area contributed by atoms with E-state index in [2.05, 4.69) is 20.5 Å². The molecule has 0 saturated heterocycles. The van der Waals surface area contributed by atoms with Crippen LogP contribution < -0.4 is 16.2 Å². The first kappa shape index (κ1) is 23.8. The van der Waals surface area contributed by atoms with Gasteiger partial charge in [0, 0.05) is 0 Å². The van der Waals surface area contributed by atoms with Gasteiger partial charge in [-0.1, -0.05) is 25.1 Å². The number of hydrogen-bond acceptors (Lipinski definition) is 9. The normalized spacial score (nSPS) is 12.0. The minimum absolute atomic E-state index is 0.0503. The first-order valence-corrected chi connectivity index (χ1v) is 11.3. The van der Waals surface area contributed by atoms with Crippen LogP contribution in [0.25, 0.3) is 0 Å². The van der Waals surface area contributed by atoms with Gasteiger partial charge in [-0.25, -0.2) is 0 Å². The van der Waals surface area contributed by atoms with Crippen molar-refractivity contribution in [2.75, 3.05) is 18.6 Å². The molecule has 0 spiro atoms. The lowest BCUT2D eigenvalue weighted by Crippen LogP contribution is -2.05. The van der Waals surface area contributed by atoms with E-state index < -0.39 is 15.0 Å². The third-order valence-corrected chi connectivity index (χ3v) is 5.68. The maximum absolute atomic E-state index is 11.9. The molecule has 0 aromatic heterocycles. The van der Waals surface area contributed by atoms with Gasteiger partial charge in [-0.3, -0.25) is 4.55 Å². The Labute approximate surface area is 191 Å². The van der Waals surface area contributed by atoms with Gasteiger partial charge in [0.15, 0.2) is 0 Å². The Bertz CT molecular complexity index is 1350. The molecule has 3 aromatic carbocycles. The number of methoxy groups -OCH3 is 1. The molecule has 0 aliphatic rings. The average molecular weight is 469 g/mol. The number of hydrogen-bond donors (Lipinski definition) is 3. The summed E-state index contributed by atoms with van der Waals surface area (Å²) in [5.74, 6) is 0.472.